The maximum absolute atomic E-state index is 15.0. The van der Waals surface area contributed by atoms with Gasteiger partial charge in [-0.15, -0.1) is 5.10 Å². The molecule has 4 heterocycles. The number of nitrogens with one attached hydrogen (secondary N) is 2. The lowest BCUT2D eigenvalue weighted by Gasteiger charge is -2.36. The Bertz CT molecular complexity index is 2640. The molecule has 87 heavy (non-hydrogen) atoms. The number of aromatic nitrogens is 5. The van der Waals surface area contributed by atoms with Gasteiger partial charge in [0.1, 0.15) is 11.6 Å². The lowest BCUT2D eigenvalue weighted by atomic mass is 9.86. The summed E-state index contributed by atoms with van der Waals surface area (Å²) >= 11 is 0. The van der Waals surface area contributed by atoms with Crippen LogP contribution in [0.5, 0.6) is 11.6 Å². The minimum atomic E-state index is -0.776. The Morgan fingerprint density at radius 3 is 2.13 bits per heavy atom. The highest BCUT2D eigenvalue weighted by atomic mass is 16.5. The Kier molecular flexibility index (Phi) is 31.4. The average Bonchev–Trinajstić information content (AvgIpc) is 1.98. The standard InChI is InChI=1S/C69H109N11O7/c1-54-27-25-29-63(74-54)80(68(85)60-34-33-59(86-5)48-62(60)78-45-36-55(37-46-78)52-87-66-47-57(35-41-73-66)61(49-67(83)84)56-31-32-56)53-69(2,3)38-23-19-20-24-44-79-50-58(75-76-79)28-21-17-15-13-11-9-7-6-8-10-12-14-16-18-22-30-64(81)71-40-26-43-77(4)51-65(82)72-42-39-70/h25,27,29,33-35,41,47-48,50,55-56,61H,6-24,26,28,30-32,36-40,42-46,49,51-53,70H2,1-5H3,(H,71,81)(H,72,82)(H,83,84)/t61-/m0/s1. The normalized spacial score (nSPS) is 14.1. The highest BCUT2D eigenvalue weighted by Gasteiger charge is 2.35. The number of methoxy groups -OCH3 is 1. The minimum Gasteiger partial charge on any atom is -0.497 e. The number of amides is 3. The van der Waals surface area contributed by atoms with E-state index in [-0.39, 0.29) is 35.5 Å². The van der Waals surface area contributed by atoms with Gasteiger partial charge in [-0.2, -0.15) is 0 Å². The molecule has 2 fully saturated rings. The Morgan fingerprint density at radius 2 is 1.46 bits per heavy atom. The van der Waals surface area contributed by atoms with Gasteiger partial charge >= 0.3 is 5.97 Å². The topological polar surface area (TPSA) is 223 Å². The summed E-state index contributed by atoms with van der Waals surface area (Å²) < 4.78 is 14.0. The zero-order valence-electron chi connectivity index (χ0n) is 53.9. The summed E-state index contributed by atoms with van der Waals surface area (Å²) in [5, 5.41) is 24.3. The van der Waals surface area contributed by atoms with Crippen LogP contribution in [0.4, 0.5) is 11.5 Å². The van der Waals surface area contributed by atoms with Gasteiger partial charge in [0.15, 0.2) is 0 Å². The molecule has 3 aromatic heterocycles. The van der Waals surface area contributed by atoms with Crippen molar-refractivity contribution in [2.45, 2.75) is 213 Å². The molecule has 18 nitrogen and oxygen atoms in total. The monoisotopic (exact) mass is 1200 g/mol. The Morgan fingerprint density at radius 1 is 0.793 bits per heavy atom. The molecule has 0 bridgehead atoms. The molecular formula is C69H109N11O7. The first-order chi connectivity index (χ1) is 42.2. The minimum absolute atomic E-state index is 0.00889. The highest BCUT2D eigenvalue weighted by molar-refractivity contribution is 6.09. The number of pyridine rings is 2. The number of unbranched alkanes of at least 4 members (excludes halogenated alkanes) is 17. The first-order valence-electron chi connectivity index (χ1n) is 33.5. The number of aryl methyl sites for hydroxylation is 3. The molecule has 18 heteroatoms. The van der Waals surface area contributed by atoms with Crippen LogP contribution in [0.25, 0.3) is 0 Å². The predicted molar refractivity (Wildman–Crippen MR) is 348 cm³/mol. The predicted octanol–water partition coefficient (Wildman–Crippen LogP) is 12.3. The summed E-state index contributed by atoms with van der Waals surface area (Å²) in [7, 11) is 3.58. The molecule has 1 aromatic carbocycles. The van der Waals surface area contributed by atoms with Crippen LogP contribution in [-0.2, 0) is 27.3 Å². The number of aliphatic carboxylic acids is 1. The fourth-order valence-electron chi connectivity index (χ4n) is 12.1. The van der Waals surface area contributed by atoms with Gasteiger partial charge in [0.25, 0.3) is 5.91 Å². The van der Waals surface area contributed by atoms with Crippen LogP contribution >= 0.6 is 0 Å². The lowest BCUT2D eigenvalue weighted by Crippen LogP contribution is -2.41. The van der Waals surface area contributed by atoms with Gasteiger partial charge in [-0.05, 0) is 137 Å². The molecular weight excluding hydrogens is 1090 g/mol. The van der Waals surface area contributed by atoms with Crippen molar-refractivity contribution in [2.24, 2.45) is 23.0 Å². The average molecular weight is 1200 g/mol. The third-order valence-electron chi connectivity index (χ3n) is 17.4. The molecule has 1 saturated heterocycles. The zero-order valence-corrected chi connectivity index (χ0v) is 53.9. The van der Waals surface area contributed by atoms with Crippen LogP contribution in [0, 0.1) is 24.2 Å². The summed E-state index contributed by atoms with van der Waals surface area (Å²) in [4.78, 5) is 66.1. The number of carbonyl (C=O) groups excluding carboxylic acids is 3. The van der Waals surface area contributed by atoms with Gasteiger partial charge in [-0.3, -0.25) is 33.7 Å². The fourth-order valence-corrected chi connectivity index (χ4v) is 12.1. The molecule has 4 aromatic rings. The number of hydrogen-bond donors (Lipinski definition) is 4. The SMILES string of the molecule is COc1ccc(C(=O)N(CC(C)(C)CCCCCCn2cc(CCCCCCCCCCCCCCCCCC(=O)NCCCN(C)CC(=O)NCCN)nn2)c2cccc(C)n2)c(N2CCC(COc3cc([C@@H](CC(=O)O)C4CC4)ccn3)CC2)c1. The van der Waals surface area contributed by atoms with Gasteiger partial charge in [0.05, 0.1) is 43.6 Å². The number of carbonyl (C=O) groups is 4. The van der Waals surface area contributed by atoms with Gasteiger partial charge in [-0.25, -0.2) is 9.97 Å². The van der Waals surface area contributed by atoms with E-state index in [9.17, 15) is 19.5 Å². The van der Waals surface area contributed by atoms with E-state index >= 15 is 4.79 Å². The number of nitrogens with two attached hydrogens (primary N) is 1. The van der Waals surface area contributed by atoms with Crippen molar-refractivity contribution in [3.05, 3.63) is 83.4 Å². The van der Waals surface area contributed by atoms with Gasteiger partial charge in [-0.1, -0.05) is 128 Å². The largest absolute Gasteiger partial charge is 0.497 e. The number of nitrogens with zero attached hydrogens (tertiary/aromatic N) is 8. The van der Waals surface area contributed by atoms with E-state index in [1.807, 2.05) is 77.0 Å². The molecule has 0 radical (unpaired) electrons. The van der Waals surface area contributed by atoms with Gasteiger partial charge < -0.3 is 35.8 Å². The maximum atomic E-state index is 15.0. The van der Waals surface area contributed by atoms with E-state index in [1.165, 1.54) is 77.0 Å². The van der Waals surface area contributed by atoms with Crippen molar-refractivity contribution in [1.82, 2.24) is 40.5 Å². The number of carboxylic acids is 1. The van der Waals surface area contributed by atoms with Crippen LogP contribution in [0.15, 0.2) is 60.9 Å². The van der Waals surface area contributed by atoms with Crippen LogP contribution in [0.1, 0.15) is 220 Å². The molecule has 2 aliphatic rings. The second-order valence-electron chi connectivity index (χ2n) is 25.8. The quantitative estimate of drug-likeness (QED) is 0.0302. The van der Waals surface area contributed by atoms with Gasteiger partial charge in [0, 0.05) is 89.0 Å². The van der Waals surface area contributed by atoms with E-state index in [4.69, 9.17) is 20.2 Å². The fraction of sp³-hybridized carbons (Fsp3) is 0.681. The lowest BCUT2D eigenvalue weighted by molar-refractivity contribution is -0.137. The Hall–Kier alpha value is -6.14. The van der Waals surface area contributed by atoms with Crippen molar-refractivity contribution >= 4 is 35.2 Å². The molecule has 1 aliphatic heterocycles. The number of anilines is 2. The first kappa shape index (κ1) is 70.0. The zero-order chi connectivity index (χ0) is 62.1. The number of rotatable bonds is 46. The van der Waals surface area contributed by atoms with Crippen molar-refractivity contribution in [3.8, 4) is 11.6 Å². The van der Waals surface area contributed by atoms with Gasteiger partial charge in [0.2, 0.25) is 17.7 Å². The Labute approximate surface area is 521 Å². The third-order valence-corrected chi connectivity index (χ3v) is 17.4. The smallest absolute Gasteiger partial charge is 0.303 e. The summed E-state index contributed by atoms with van der Waals surface area (Å²) in [5.41, 5.74) is 9.71. The van der Waals surface area contributed by atoms with E-state index < -0.39 is 5.97 Å². The van der Waals surface area contributed by atoms with Crippen molar-refractivity contribution in [1.29, 1.82) is 0 Å². The molecule has 3 amide bonds. The van der Waals surface area contributed by atoms with Crippen molar-refractivity contribution in [2.75, 3.05) is 82.9 Å². The van der Waals surface area contributed by atoms with E-state index in [0.717, 1.165) is 139 Å². The van der Waals surface area contributed by atoms with E-state index in [0.29, 0.717) is 80.6 Å². The molecule has 0 spiro atoms. The number of hydrogen-bond acceptors (Lipinski definition) is 13. The molecule has 1 aliphatic carbocycles. The first-order valence-corrected chi connectivity index (χ1v) is 33.5. The molecule has 0 unspecified atom stereocenters. The second kappa shape index (κ2) is 39.0. The number of benzene rings is 1. The number of carboxylic acid groups (broad SMARTS) is 1. The third kappa shape index (κ3) is 27.0. The van der Waals surface area contributed by atoms with E-state index in [2.05, 4.69) is 50.9 Å². The molecule has 1 atom stereocenters. The highest BCUT2D eigenvalue weighted by Crippen LogP contribution is 2.45. The molecule has 1 saturated carbocycles. The summed E-state index contributed by atoms with van der Waals surface area (Å²) in [6, 6.07) is 15.5. The van der Waals surface area contributed by atoms with Crippen LogP contribution in [-0.4, -0.2) is 132 Å². The molecule has 482 valence electrons. The molecule has 6 rings (SSSR count). The number of likely N-dealkylation sites (N-methyl/N-ethyl adjacent to an activating group) is 1. The number of piperidine rings is 1. The summed E-state index contributed by atoms with van der Waals surface area (Å²) in [6.45, 7) is 12.6. The Balaban J connectivity index is 0.799. The van der Waals surface area contributed by atoms with Crippen LogP contribution < -0.4 is 35.6 Å². The molecule has 5 N–H and O–H groups in total. The maximum Gasteiger partial charge on any atom is 0.303 e. The second-order valence-corrected chi connectivity index (χ2v) is 25.8. The number of ether oxygens (including phenoxy) is 2. The van der Waals surface area contributed by atoms with Crippen LogP contribution in [0.2, 0.25) is 0 Å². The van der Waals surface area contributed by atoms with E-state index in [1.54, 1.807) is 13.3 Å². The van der Waals surface area contributed by atoms with Crippen molar-refractivity contribution < 1.29 is 33.8 Å². The summed E-state index contributed by atoms with van der Waals surface area (Å²) in [6.07, 6.45) is 34.5. The van der Waals surface area contributed by atoms with Crippen LogP contribution in [0.3, 0.4) is 0 Å². The van der Waals surface area contributed by atoms with Crippen molar-refractivity contribution in [3.63, 3.8) is 0 Å². The summed E-state index contributed by atoms with van der Waals surface area (Å²) in [5.74, 6) is 1.89.